The molecule has 2 aliphatic carbocycles. The molecular weight excluding hydrogens is 723 g/mol. The Hall–Kier alpha value is -6.09. The minimum Gasteiger partial charge on any atom is -0.871 e. The molecule has 294 valence electrons. The number of hydrogen-bond donors (Lipinski definition) is 4. The van der Waals surface area contributed by atoms with E-state index in [2.05, 4.69) is 59.4 Å². The van der Waals surface area contributed by atoms with Gasteiger partial charge in [-0.25, -0.2) is 9.98 Å². The van der Waals surface area contributed by atoms with Gasteiger partial charge in [-0.05, 0) is 79.3 Å². The summed E-state index contributed by atoms with van der Waals surface area (Å²) in [6.07, 6.45) is 7.92. The highest BCUT2D eigenvalue weighted by molar-refractivity contribution is 6.52. The fourth-order valence-electron chi connectivity index (χ4n) is 9.64. The molecule has 3 aliphatic heterocycles. The summed E-state index contributed by atoms with van der Waals surface area (Å²) in [5.74, 6) is -1.24. The zero-order valence-corrected chi connectivity index (χ0v) is 34.3. The second kappa shape index (κ2) is 13.5. The molecule has 0 fully saturated rings. The molecule has 0 aromatic heterocycles. The van der Waals surface area contributed by atoms with Crippen molar-refractivity contribution < 1.29 is 29.8 Å². The normalized spacial score (nSPS) is 24.8. The number of nitrogens with one attached hydrogen (secondary N) is 4. The number of carbonyl (C=O) groups is 2. The van der Waals surface area contributed by atoms with Crippen LogP contribution in [0.1, 0.15) is 99.0 Å². The van der Waals surface area contributed by atoms with Crippen molar-refractivity contribution in [1.29, 1.82) is 0 Å². The third kappa shape index (κ3) is 5.53. The van der Waals surface area contributed by atoms with Gasteiger partial charge in [-0.1, -0.05) is 81.5 Å². The highest BCUT2D eigenvalue weighted by Crippen LogP contribution is 2.41. The molecular formula is C49H49N5O4. The maximum atomic E-state index is 14.5. The quantitative estimate of drug-likeness (QED) is 0.205. The zero-order valence-electron chi connectivity index (χ0n) is 34.3. The van der Waals surface area contributed by atoms with E-state index in [1.54, 1.807) is 6.08 Å². The van der Waals surface area contributed by atoms with Gasteiger partial charge < -0.3 is 20.8 Å². The Kier molecular flexibility index (Phi) is 8.73. The van der Waals surface area contributed by atoms with Crippen LogP contribution in [0.15, 0.2) is 99.6 Å². The molecule has 0 saturated heterocycles. The number of Topliss-reactive ketones (excluding diaryl/α,β-unsaturated/α-hetero) is 2. The lowest BCUT2D eigenvalue weighted by Gasteiger charge is -2.34. The van der Waals surface area contributed by atoms with E-state index in [1.807, 2.05) is 69.3 Å². The van der Waals surface area contributed by atoms with Gasteiger partial charge in [0, 0.05) is 60.3 Å². The monoisotopic (exact) mass is 771 g/mol. The number of carbonyl (C=O) groups excluding carboxylic acids is 2. The number of nitrogens with zero attached hydrogens (tertiary/aromatic N) is 1. The van der Waals surface area contributed by atoms with Crippen molar-refractivity contribution in [3.05, 3.63) is 121 Å². The molecule has 0 saturated carbocycles. The summed E-state index contributed by atoms with van der Waals surface area (Å²) in [6.45, 7) is 14.5. The second-order valence-electron chi connectivity index (χ2n) is 16.9. The third-order valence-electron chi connectivity index (χ3n) is 12.8. The zero-order chi connectivity index (χ0) is 40.8. The average molecular weight is 772 g/mol. The molecule has 5 aliphatic rings. The molecule has 0 amide bonds. The fraction of sp³-hybridized carbons (Fsp3) is 0.327. The molecule has 0 bridgehead atoms. The van der Waals surface area contributed by atoms with E-state index in [1.165, 1.54) is 0 Å². The Labute approximate surface area is 337 Å². The van der Waals surface area contributed by atoms with Gasteiger partial charge in [-0.3, -0.25) is 14.6 Å². The minimum atomic E-state index is -0.705. The number of unbranched alkanes of at least 4 members (excludes halogenated alkanes) is 2. The van der Waals surface area contributed by atoms with Crippen LogP contribution in [-0.4, -0.2) is 28.6 Å². The molecule has 9 heteroatoms. The van der Waals surface area contributed by atoms with Crippen molar-refractivity contribution in [2.75, 3.05) is 10.6 Å². The van der Waals surface area contributed by atoms with Gasteiger partial charge in [0.15, 0.2) is 11.6 Å². The predicted octanol–water partition coefficient (Wildman–Crippen LogP) is 1.99. The van der Waals surface area contributed by atoms with Gasteiger partial charge in [0.05, 0.1) is 38.3 Å². The summed E-state index contributed by atoms with van der Waals surface area (Å²) in [4.78, 5) is 40.5. The van der Waals surface area contributed by atoms with Gasteiger partial charge in [0.2, 0.25) is 22.0 Å². The highest BCUT2D eigenvalue weighted by atomic mass is 16.3. The number of anilines is 2. The van der Waals surface area contributed by atoms with E-state index >= 15 is 0 Å². The largest absolute Gasteiger partial charge is 0.871 e. The lowest BCUT2D eigenvalue weighted by molar-refractivity contribution is -0.580. The van der Waals surface area contributed by atoms with Gasteiger partial charge >= 0.3 is 0 Å². The third-order valence-corrected chi connectivity index (χ3v) is 12.8. The lowest BCUT2D eigenvalue weighted by Crippen LogP contribution is -2.95. The highest BCUT2D eigenvalue weighted by Gasteiger charge is 2.40. The van der Waals surface area contributed by atoms with Crippen molar-refractivity contribution in [3.63, 3.8) is 0 Å². The maximum Gasteiger partial charge on any atom is 0.231 e. The standard InChI is InChI=1S/C49H49N5O4/c1-8-11-22-48(6)51-34-15-13-14-27-16-19-31(41(52-48)36(27)34)39-46(57)40(47(39)58)32-21-18-28-17-20-30(42-37(28)43(32)54-49(7,53-42)23-12-9-2)38-44(55)33(45(38)56)24-35-25(4)29(10-3)26(5)50-35/h13-21,24,51,54-55,57H,8-12,22-23H2,1-7H3/b35-24-,38-30-,39-31-. The molecule has 9 nitrogen and oxygen atoms in total. The summed E-state index contributed by atoms with van der Waals surface area (Å²) in [5.41, 5.74) is 5.22. The van der Waals surface area contributed by atoms with E-state index in [9.17, 15) is 19.8 Å². The lowest BCUT2D eigenvalue weighted by atomic mass is 9.79. The first-order valence-electron chi connectivity index (χ1n) is 20.7. The van der Waals surface area contributed by atoms with Gasteiger partial charge in [0.1, 0.15) is 0 Å². The second-order valence-corrected chi connectivity index (χ2v) is 16.9. The van der Waals surface area contributed by atoms with Crippen LogP contribution in [-0.2, 0) is 9.59 Å². The fourth-order valence-corrected chi connectivity index (χ4v) is 9.64. The first kappa shape index (κ1) is 37.5. The summed E-state index contributed by atoms with van der Waals surface area (Å²) in [6, 6.07) is 17.5. The molecule has 58 heavy (non-hydrogen) atoms. The van der Waals surface area contributed by atoms with Crippen molar-refractivity contribution in [3.8, 4) is 0 Å². The Morgan fingerprint density at radius 2 is 1.33 bits per heavy atom. The number of ketones is 2. The number of allylic oxidation sites excluding steroid dienone is 7. The van der Waals surface area contributed by atoms with Crippen LogP contribution in [0.2, 0.25) is 0 Å². The molecule has 4 aromatic rings. The van der Waals surface area contributed by atoms with E-state index in [-0.39, 0.29) is 45.4 Å². The molecule has 9 rings (SSSR count). The topological polar surface area (TPSA) is 145 Å². The minimum absolute atomic E-state index is 0.125. The Balaban J connectivity index is 1.26. The predicted molar refractivity (Wildman–Crippen MR) is 225 cm³/mol. The molecule has 4 aromatic carbocycles. The summed E-state index contributed by atoms with van der Waals surface area (Å²) in [5, 5.41) is 42.0. The summed E-state index contributed by atoms with van der Waals surface area (Å²) < 4.78 is 0. The van der Waals surface area contributed by atoms with Crippen molar-refractivity contribution in [2.24, 2.45) is 4.99 Å². The molecule has 0 spiro atoms. The van der Waals surface area contributed by atoms with Gasteiger partial charge in [-0.2, -0.15) is 0 Å². The summed E-state index contributed by atoms with van der Waals surface area (Å²) in [7, 11) is 0. The number of benzene rings is 4. The number of aliphatic imine (C=N–C) groups is 1. The molecule has 2 unspecified atom stereocenters. The van der Waals surface area contributed by atoms with E-state index in [4.69, 9.17) is 0 Å². The van der Waals surface area contributed by atoms with Crippen LogP contribution in [0, 0.1) is 0 Å². The first-order chi connectivity index (χ1) is 27.8. The molecule has 0 radical (unpaired) electrons. The van der Waals surface area contributed by atoms with Crippen LogP contribution in [0.4, 0.5) is 11.4 Å². The van der Waals surface area contributed by atoms with Gasteiger partial charge in [-0.15, -0.1) is 0 Å². The van der Waals surface area contributed by atoms with E-state index in [0.29, 0.717) is 39.2 Å². The molecule has 2 atom stereocenters. The van der Waals surface area contributed by atoms with Crippen molar-refractivity contribution in [1.82, 2.24) is 0 Å². The smallest absolute Gasteiger partial charge is 0.231 e. The number of rotatable bonds is 9. The van der Waals surface area contributed by atoms with Crippen LogP contribution in [0.25, 0.3) is 38.3 Å². The van der Waals surface area contributed by atoms with E-state index < -0.39 is 11.3 Å². The Morgan fingerprint density at radius 1 is 0.724 bits per heavy atom. The maximum absolute atomic E-state index is 14.5. The molecule has 3 heterocycles. The van der Waals surface area contributed by atoms with Gasteiger partial charge in [0.25, 0.3) is 0 Å². The average Bonchev–Trinajstić information content (AvgIpc) is 3.48. The van der Waals surface area contributed by atoms with Crippen molar-refractivity contribution in [2.45, 2.75) is 105 Å². The SMILES string of the molecule is CCCCC1(C)Nc2cccc3cc/c(=C4/C(=O)C(c5ccc6cc/c(=C7/C(=O)C(/C=C8\N=C(C)C(CC)=C8C)=C7[O-])c7c6c5NC(C)(CCCC)[NH+]=7)=C4[O-])c(c23)=[NH+]1. The van der Waals surface area contributed by atoms with E-state index in [0.717, 1.165) is 88.0 Å². The Bertz CT molecular complexity index is 3020. The first-order valence-corrected chi connectivity index (χ1v) is 20.7. The van der Waals surface area contributed by atoms with Crippen LogP contribution >= 0.6 is 0 Å². The molecule has 4 N–H and O–H groups in total. The number of hydrogen-bond acceptors (Lipinski definition) is 7. The Morgan fingerprint density at radius 3 is 1.93 bits per heavy atom. The van der Waals surface area contributed by atoms with Crippen molar-refractivity contribution >= 4 is 66.9 Å². The van der Waals surface area contributed by atoms with Crippen LogP contribution < -0.4 is 52.0 Å². The van der Waals surface area contributed by atoms with Crippen LogP contribution in [0.5, 0.6) is 0 Å². The van der Waals surface area contributed by atoms with Crippen LogP contribution in [0.3, 0.4) is 0 Å². The summed E-state index contributed by atoms with van der Waals surface area (Å²) >= 11 is 0.